The van der Waals surface area contributed by atoms with Crippen LogP contribution in [0.5, 0.6) is 0 Å². The summed E-state index contributed by atoms with van der Waals surface area (Å²) < 4.78 is 25.2. The largest absolute Gasteiger partial charge is 0.365 e. The second-order valence-corrected chi connectivity index (χ2v) is 11.7. The number of aryl methyl sites for hydroxylation is 1. The van der Waals surface area contributed by atoms with Gasteiger partial charge in [-0.1, -0.05) is 24.5 Å². The molecule has 1 aromatic carbocycles. The van der Waals surface area contributed by atoms with Gasteiger partial charge in [-0.05, 0) is 42.8 Å². The zero-order valence-corrected chi connectivity index (χ0v) is 24.7. The third-order valence-electron chi connectivity index (χ3n) is 6.58. The summed E-state index contributed by atoms with van der Waals surface area (Å²) >= 11 is 0. The van der Waals surface area contributed by atoms with Gasteiger partial charge in [-0.2, -0.15) is 4.98 Å². The number of nitrogens with zero attached hydrogens (tertiary/aromatic N) is 6. The molecule has 3 aromatic rings. The van der Waals surface area contributed by atoms with Crippen LogP contribution in [0.3, 0.4) is 0 Å². The van der Waals surface area contributed by atoms with E-state index in [9.17, 15) is 18.0 Å². The number of benzene rings is 1. The van der Waals surface area contributed by atoms with Crippen LogP contribution in [-0.2, 0) is 32.6 Å². The molecule has 218 valence electrons. The first-order chi connectivity index (χ1) is 20.0. The van der Waals surface area contributed by atoms with Crippen molar-refractivity contribution in [3.8, 4) is 11.8 Å². The average Bonchev–Trinajstić information content (AvgIpc) is 3.28. The van der Waals surface area contributed by atoms with E-state index < -0.39 is 10.0 Å². The number of rotatable bonds is 10. The molecule has 4 rings (SSSR count). The lowest BCUT2D eigenvalue weighted by Gasteiger charge is -2.19. The number of pyridine rings is 1. The van der Waals surface area contributed by atoms with E-state index in [4.69, 9.17) is 0 Å². The zero-order chi connectivity index (χ0) is 30.4. The Balaban J connectivity index is 1.44. The van der Waals surface area contributed by atoms with Crippen molar-refractivity contribution in [2.24, 2.45) is 0 Å². The monoisotopic (exact) mass is 588 g/mol. The van der Waals surface area contributed by atoms with E-state index in [1.54, 1.807) is 36.5 Å². The van der Waals surface area contributed by atoms with Crippen molar-refractivity contribution in [1.29, 1.82) is 0 Å². The molecule has 2 amide bonds. The first-order valence-electron chi connectivity index (χ1n) is 13.0. The van der Waals surface area contributed by atoms with Crippen LogP contribution in [0.15, 0.2) is 55.4 Å². The Hall–Kier alpha value is -4.96. The highest BCUT2D eigenvalue weighted by Gasteiger charge is 2.26. The second kappa shape index (κ2) is 12.7. The molecule has 3 heterocycles. The van der Waals surface area contributed by atoms with Crippen molar-refractivity contribution in [3.05, 3.63) is 72.1 Å². The van der Waals surface area contributed by atoms with Crippen molar-refractivity contribution >= 4 is 50.8 Å². The fourth-order valence-electron chi connectivity index (χ4n) is 4.18. The first-order valence-corrected chi connectivity index (χ1v) is 14.8. The van der Waals surface area contributed by atoms with E-state index in [0.29, 0.717) is 29.7 Å². The summed E-state index contributed by atoms with van der Waals surface area (Å²) in [5, 5.41) is 6.45. The molecule has 0 fully saturated rings. The predicted molar refractivity (Wildman–Crippen MR) is 163 cm³/mol. The highest BCUT2D eigenvalue weighted by atomic mass is 32.2. The Morgan fingerprint density at radius 2 is 2.00 bits per heavy atom. The van der Waals surface area contributed by atoms with Gasteiger partial charge < -0.3 is 20.4 Å². The van der Waals surface area contributed by atoms with Crippen LogP contribution in [0.4, 0.5) is 29.0 Å². The summed E-state index contributed by atoms with van der Waals surface area (Å²) in [5.74, 6) is 6.87. The van der Waals surface area contributed by atoms with E-state index in [-0.39, 0.29) is 31.3 Å². The third-order valence-corrected chi connectivity index (χ3v) is 7.75. The number of aromatic nitrogens is 3. The number of amides is 2. The average molecular weight is 589 g/mol. The van der Waals surface area contributed by atoms with Crippen LogP contribution in [-0.4, -0.2) is 73.5 Å². The van der Waals surface area contributed by atoms with Gasteiger partial charge in [0.1, 0.15) is 11.6 Å². The molecule has 0 saturated heterocycles. The molecule has 42 heavy (non-hydrogen) atoms. The van der Waals surface area contributed by atoms with E-state index in [0.717, 1.165) is 33.1 Å². The van der Waals surface area contributed by atoms with Gasteiger partial charge in [0.15, 0.2) is 0 Å². The SMILES string of the molecule is C=CC(=O)N(C)CC#CCN1C(=O)Cc2cc(Nc3ncc(C)c(NCc4cccnc4N(C)S(C)(=O)=O)n3)ccc21. The van der Waals surface area contributed by atoms with Crippen molar-refractivity contribution in [3.63, 3.8) is 0 Å². The quantitative estimate of drug-likeness (QED) is 0.270. The number of fused-ring (bicyclic) bond motifs is 1. The molecule has 1 aliphatic rings. The number of anilines is 5. The maximum absolute atomic E-state index is 12.7. The maximum Gasteiger partial charge on any atom is 0.246 e. The molecule has 12 nitrogen and oxygen atoms in total. The molecule has 2 aromatic heterocycles. The first kappa shape index (κ1) is 30.0. The van der Waals surface area contributed by atoms with Gasteiger partial charge in [0.25, 0.3) is 0 Å². The minimum atomic E-state index is -3.47. The number of hydrogen-bond donors (Lipinski definition) is 2. The van der Waals surface area contributed by atoms with Crippen LogP contribution < -0.4 is 19.8 Å². The van der Waals surface area contributed by atoms with Crippen LogP contribution in [0.25, 0.3) is 0 Å². The molecule has 1 aliphatic heterocycles. The van der Waals surface area contributed by atoms with Crippen LogP contribution >= 0.6 is 0 Å². The molecule has 0 bridgehead atoms. The molecule has 13 heteroatoms. The van der Waals surface area contributed by atoms with Crippen molar-refractivity contribution in [1.82, 2.24) is 19.9 Å². The van der Waals surface area contributed by atoms with Gasteiger partial charge in [0.05, 0.1) is 25.8 Å². The lowest BCUT2D eigenvalue weighted by atomic mass is 10.1. The number of nitrogens with one attached hydrogen (secondary N) is 2. The maximum atomic E-state index is 12.7. The lowest BCUT2D eigenvalue weighted by Crippen LogP contribution is -2.27. The predicted octanol–water partition coefficient (Wildman–Crippen LogP) is 2.47. The van der Waals surface area contributed by atoms with Crippen molar-refractivity contribution < 1.29 is 18.0 Å². The Kier molecular flexibility index (Phi) is 9.07. The topological polar surface area (TPSA) is 141 Å². The standard InChI is InChI=1S/C29H32N8O4S/c1-6-25(38)35(3)14-7-8-15-37-24-12-11-23(16-22(24)17-26(37)39)33-29-32-18-20(2)27(34-29)31-19-21-10-9-13-30-28(21)36(4)42(5,40)41/h6,9-13,16,18H,1,14-15,17,19H2,2-5H3,(H2,31,32,33,34). The van der Waals surface area contributed by atoms with Gasteiger partial charge in [-0.25, -0.2) is 18.4 Å². The van der Waals surface area contributed by atoms with Gasteiger partial charge in [0.2, 0.25) is 27.8 Å². The number of hydrogen-bond acceptors (Lipinski definition) is 9. The number of carbonyl (C=O) groups excluding carboxylic acids is 2. The second-order valence-electron chi connectivity index (χ2n) is 9.67. The van der Waals surface area contributed by atoms with E-state index in [1.165, 1.54) is 18.0 Å². The zero-order valence-electron chi connectivity index (χ0n) is 23.9. The van der Waals surface area contributed by atoms with E-state index in [2.05, 4.69) is 44.0 Å². The van der Waals surface area contributed by atoms with Crippen LogP contribution in [0.2, 0.25) is 0 Å². The van der Waals surface area contributed by atoms with E-state index in [1.807, 2.05) is 25.1 Å². The Labute approximate surface area is 245 Å². The Morgan fingerprint density at radius 3 is 2.74 bits per heavy atom. The van der Waals surface area contributed by atoms with Crippen LogP contribution in [0, 0.1) is 18.8 Å². The van der Waals surface area contributed by atoms with Crippen LogP contribution in [0.1, 0.15) is 16.7 Å². The van der Waals surface area contributed by atoms with Crippen molar-refractivity contribution in [2.45, 2.75) is 19.9 Å². The Morgan fingerprint density at radius 1 is 1.21 bits per heavy atom. The summed E-state index contributed by atoms with van der Waals surface area (Å²) in [6, 6.07) is 9.13. The summed E-state index contributed by atoms with van der Waals surface area (Å²) in [4.78, 5) is 40.5. The molecule has 0 atom stereocenters. The molecule has 0 aliphatic carbocycles. The summed E-state index contributed by atoms with van der Waals surface area (Å²) in [6.45, 7) is 6.09. The Bertz CT molecular complexity index is 1700. The molecule has 2 N–H and O–H groups in total. The molecule has 0 saturated carbocycles. The summed E-state index contributed by atoms with van der Waals surface area (Å²) in [7, 11) is -0.376. The smallest absolute Gasteiger partial charge is 0.246 e. The summed E-state index contributed by atoms with van der Waals surface area (Å²) in [6.07, 6.45) is 5.83. The number of likely N-dealkylation sites (N-methyl/N-ethyl adjacent to an activating group) is 1. The van der Waals surface area contributed by atoms with E-state index >= 15 is 0 Å². The molecule has 0 radical (unpaired) electrons. The third kappa shape index (κ3) is 7.02. The number of sulfonamides is 1. The molecule has 0 unspecified atom stereocenters. The highest BCUT2D eigenvalue weighted by Crippen LogP contribution is 2.32. The minimum absolute atomic E-state index is 0.0543. The van der Waals surface area contributed by atoms with Gasteiger partial charge >= 0.3 is 0 Å². The fourth-order valence-corrected chi connectivity index (χ4v) is 4.65. The lowest BCUT2D eigenvalue weighted by molar-refractivity contribution is -0.124. The summed E-state index contributed by atoms with van der Waals surface area (Å²) in [5.41, 5.74) is 3.86. The van der Waals surface area contributed by atoms with Gasteiger partial charge in [-0.3, -0.25) is 13.9 Å². The van der Waals surface area contributed by atoms with Gasteiger partial charge in [-0.15, -0.1) is 0 Å². The van der Waals surface area contributed by atoms with Crippen molar-refractivity contribution in [2.75, 3.05) is 53.3 Å². The highest BCUT2D eigenvalue weighted by molar-refractivity contribution is 7.92. The number of carbonyl (C=O) groups is 2. The molecule has 0 spiro atoms. The molecular formula is C29H32N8O4S. The molecular weight excluding hydrogens is 556 g/mol. The fraction of sp³-hybridized carbons (Fsp3) is 0.276. The van der Waals surface area contributed by atoms with Gasteiger partial charge in [0, 0.05) is 55.5 Å². The normalized spacial score (nSPS) is 12.2. The minimum Gasteiger partial charge on any atom is -0.365 e.